The van der Waals surface area contributed by atoms with Crippen LogP contribution in [-0.4, -0.2) is 34.7 Å². The molecule has 2 aromatic rings. The molecule has 2 N–H and O–H groups in total. The molecule has 4 nitrogen and oxygen atoms in total. The minimum Gasteiger partial charge on any atom is -0.395 e. The standard InChI is InChI=1S/C17H23N3O/c1-2-18-17-12-16(8-9-19-17)14-20(10-11-21)13-15-6-4-3-5-7-15/h3-9,12,21H,2,10-11,13-14H2,1H3,(H,18,19). The van der Waals surface area contributed by atoms with Gasteiger partial charge in [0.2, 0.25) is 0 Å². The van der Waals surface area contributed by atoms with Gasteiger partial charge in [-0.05, 0) is 30.2 Å². The highest BCUT2D eigenvalue weighted by Gasteiger charge is 2.07. The molecule has 0 unspecified atom stereocenters. The number of hydrogen-bond donors (Lipinski definition) is 2. The lowest BCUT2D eigenvalue weighted by molar-refractivity contribution is 0.184. The molecule has 0 saturated carbocycles. The van der Waals surface area contributed by atoms with Crippen molar-refractivity contribution in [2.24, 2.45) is 0 Å². The predicted octanol–water partition coefficient (Wildman–Crippen LogP) is 2.51. The molecule has 0 fully saturated rings. The van der Waals surface area contributed by atoms with Gasteiger partial charge in [-0.3, -0.25) is 4.90 Å². The lowest BCUT2D eigenvalue weighted by atomic mass is 10.2. The summed E-state index contributed by atoms with van der Waals surface area (Å²) in [5.74, 6) is 0.902. The summed E-state index contributed by atoms with van der Waals surface area (Å²) in [7, 11) is 0. The molecular formula is C17H23N3O. The predicted molar refractivity (Wildman–Crippen MR) is 86.0 cm³/mol. The zero-order valence-electron chi connectivity index (χ0n) is 12.5. The maximum Gasteiger partial charge on any atom is 0.126 e. The lowest BCUT2D eigenvalue weighted by Crippen LogP contribution is -2.26. The van der Waals surface area contributed by atoms with Crippen LogP contribution < -0.4 is 5.32 Å². The van der Waals surface area contributed by atoms with Crippen molar-refractivity contribution >= 4 is 5.82 Å². The number of aliphatic hydroxyl groups is 1. The Bertz CT molecular complexity index is 531. The van der Waals surface area contributed by atoms with Crippen LogP contribution in [0.25, 0.3) is 0 Å². The number of nitrogens with zero attached hydrogens (tertiary/aromatic N) is 2. The normalized spacial score (nSPS) is 10.8. The van der Waals surface area contributed by atoms with Crippen molar-refractivity contribution in [3.8, 4) is 0 Å². The van der Waals surface area contributed by atoms with Gasteiger partial charge in [0.15, 0.2) is 0 Å². The van der Waals surface area contributed by atoms with Crippen LogP contribution in [0.3, 0.4) is 0 Å². The minimum atomic E-state index is 0.165. The van der Waals surface area contributed by atoms with E-state index in [9.17, 15) is 5.11 Å². The van der Waals surface area contributed by atoms with Crippen molar-refractivity contribution in [3.63, 3.8) is 0 Å². The largest absolute Gasteiger partial charge is 0.395 e. The monoisotopic (exact) mass is 285 g/mol. The molecule has 21 heavy (non-hydrogen) atoms. The van der Waals surface area contributed by atoms with E-state index in [-0.39, 0.29) is 6.61 Å². The van der Waals surface area contributed by atoms with E-state index in [1.807, 2.05) is 30.5 Å². The van der Waals surface area contributed by atoms with Crippen molar-refractivity contribution in [1.29, 1.82) is 0 Å². The summed E-state index contributed by atoms with van der Waals surface area (Å²) in [6.07, 6.45) is 1.83. The third-order valence-electron chi connectivity index (χ3n) is 3.25. The quantitative estimate of drug-likeness (QED) is 0.782. The molecule has 4 heteroatoms. The molecular weight excluding hydrogens is 262 g/mol. The number of anilines is 1. The van der Waals surface area contributed by atoms with Crippen LogP contribution in [0, 0.1) is 0 Å². The van der Waals surface area contributed by atoms with Crippen LogP contribution in [0.15, 0.2) is 48.7 Å². The van der Waals surface area contributed by atoms with Gasteiger partial charge in [-0.25, -0.2) is 4.98 Å². The number of aromatic nitrogens is 1. The first-order valence-electron chi connectivity index (χ1n) is 7.37. The van der Waals surface area contributed by atoms with E-state index in [0.717, 1.165) is 25.5 Å². The Morgan fingerprint density at radius 1 is 1.10 bits per heavy atom. The van der Waals surface area contributed by atoms with Crippen molar-refractivity contribution in [2.45, 2.75) is 20.0 Å². The van der Waals surface area contributed by atoms with Gasteiger partial charge in [0.05, 0.1) is 6.61 Å². The Morgan fingerprint density at radius 2 is 1.86 bits per heavy atom. The Balaban J connectivity index is 2.03. The Hall–Kier alpha value is -1.91. The number of aliphatic hydroxyl groups excluding tert-OH is 1. The summed E-state index contributed by atoms with van der Waals surface area (Å²) in [5, 5.41) is 12.5. The average Bonchev–Trinajstić information content (AvgIpc) is 2.49. The molecule has 112 valence electrons. The highest BCUT2D eigenvalue weighted by Crippen LogP contribution is 2.12. The minimum absolute atomic E-state index is 0.165. The van der Waals surface area contributed by atoms with Gasteiger partial charge in [-0.1, -0.05) is 30.3 Å². The zero-order chi connectivity index (χ0) is 14.9. The van der Waals surface area contributed by atoms with E-state index in [4.69, 9.17) is 0 Å². The molecule has 0 atom stereocenters. The Kier molecular flexibility index (Phi) is 6.19. The van der Waals surface area contributed by atoms with Crippen molar-refractivity contribution < 1.29 is 5.11 Å². The molecule has 0 radical (unpaired) electrons. The number of pyridine rings is 1. The molecule has 1 aromatic heterocycles. The van der Waals surface area contributed by atoms with Crippen molar-refractivity contribution in [1.82, 2.24) is 9.88 Å². The average molecular weight is 285 g/mol. The fraction of sp³-hybridized carbons (Fsp3) is 0.353. The van der Waals surface area contributed by atoms with Crippen LogP contribution in [0.2, 0.25) is 0 Å². The maximum absolute atomic E-state index is 9.27. The van der Waals surface area contributed by atoms with Gasteiger partial charge in [0, 0.05) is 32.4 Å². The Morgan fingerprint density at radius 3 is 2.57 bits per heavy atom. The molecule has 1 aromatic carbocycles. The number of nitrogens with one attached hydrogen (secondary N) is 1. The van der Waals surface area contributed by atoms with Crippen molar-refractivity contribution in [2.75, 3.05) is 25.0 Å². The van der Waals surface area contributed by atoms with E-state index in [0.29, 0.717) is 6.54 Å². The lowest BCUT2D eigenvalue weighted by Gasteiger charge is -2.21. The highest BCUT2D eigenvalue weighted by atomic mass is 16.3. The van der Waals surface area contributed by atoms with Crippen LogP contribution >= 0.6 is 0 Å². The van der Waals surface area contributed by atoms with Crippen LogP contribution in [0.4, 0.5) is 5.82 Å². The summed E-state index contributed by atoms with van der Waals surface area (Å²) in [5.41, 5.74) is 2.46. The third kappa shape index (κ3) is 5.17. The molecule has 0 bridgehead atoms. The van der Waals surface area contributed by atoms with Crippen LogP contribution in [0.5, 0.6) is 0 Å². The summed E-state index contributed by atoms with van der Waals surface area (Å²) >= 11 is 0. The third-order valence-corrected chi connectivity index (χ3v) is 3.25. The van der Waals surface area contributed by atoms with E-state index >= 15 is 0 Å². The molecule has 0 aliphatic rings. The van der Waals surface area contributed by atoms with Gasteiger partial charge in [-0.2, -0.15) is 0 Å². The first-order valence-corrected chi connectivity index (χ1v) is 7.37. The Labute approximate surface area is 126 Å². The first-order chi connectivity index (χ1) is 10.3. The molecule has 2 rings (SSSR count). The fourth-order valence-electron chi connectivity index (χ4n) is 2.31. The van der Waals surface area contributed by atoms with Gasteiger partial charge in [0.1, 0.15) is 5.82 Å². The molecule has 0 amide bonds. The molecule has 1 heterocycles. The van der Waals surface area contributed by atoms with Crippen LogP contribution in [-0.2, 0) is 13.1 Å². The van der Waals surface area contributed by atoms with E-state index in [2.05, 4.69) is 40.3 Å². The van der Waals surface area contributed by atoms with E-state index < -0.39 is 0 Å². The molecule has 0 aliphatic heterocycles. The van der Waals surface area contributed by atoms with Gasteiger partial charge in [0.25, 0.3) is 0 Å². The SMILES string of the molecule is CCNc1cc(CN(CCO)Cc2ccccc2)ccn1. The van der Waals surface area contributed by atoms with E-state index in [1.165, 1.54) is 11.1 Å². The second-order valence-electron chi connectivity index (χ2n) is 5.00. The number of rotatable bonds is 8. The summed E-state index contributed by atoms with van der Waals surface area (Å²) in [4.78, 5) is 6.52. The number of benzene rings is 1. The maximum atomic E-state index is 9.27. The molecule has 0 saturated heterocycles. The zero-order valence-corrected chi connectivity index (χ0v) is 12.5. The van der Waals surface area contributed by atoms with Gasteiger partial charge in [-0.15, -0.1) is 0 Å². The number of hydrogen-bond acceptors (Lipinski definition) is 4. The smallest absolute Gasteiger partial charge is 0.126 e. The summed E-state index contributed by atoms with van der Waals surface area (Å²) in [6, 6.07) is 14.4. The molecule has 0 spiro atoms. The summed E-state index contributed by atoms with van der Waals surface area (Å²) in [6.45, 7) is 5.38. The first kappa shape index (κ1) is 15.5. The van der Waals surface area contributed by atoms with Gasteiger partial charge >= 0.3 is 0 Å². The topological polar surface area (TPSA) is 48.4 Å². The second kappa shape index (κ2) is 8.39. The van der Waals surface area contributed by atoms with Crippen LogP contribution in [0.1, 0.15) is 18.1 Å². The highest BCUT2D eigenvalue weighted by molar-refractivity contribution is 5.37. The fourth-order valence-corrected chi connectivity index (χ4v) is 2.31. The van der Waals surface area contributed by atoms with Gasteiger partial charge < -0.3 is 10.4 Å². The van der Waals surface area contributed by atoms with E-state index in [1.54, 1.807) is 0 Å². The van der Waals surface area contributed by atoms with Crippen molar-refractivity contribution in [3.05, 3.63) is 59.8 Å². The second-order valence-corrected chi connectivity index (χ2v) is 5.00. The molecule has 0 aliphatic carbocycles. The summed E-state index contributed by atoms with van der Waals surface area (Å²) < 4.78 is 0.